The lowest BCUT2D eigenvalue weighted by atomic mass is 10.1. The van der Waals surface area contributed by atoms with Gasteiger partial charge in [-0.05, 0) is 18.7 Å². The summed E-state index contributed by atoms with van der Waals surface area (Å²) in [4.78, 5) is 4.39. The van der Waals surface area contributed by atoms with Gasteiger partial charge in [0.05, 0.1) is 10.7 Å². The highest BCUT2D eigenvalue weighted by Gasteiger charge is 2.10. The summed E-state index contributed by atoms with van der Waals surface area (Å²) in [5, 5.41) is 3.26. The summed E-state index contributed by atoms with van der Waals surface area (Å²) in [5.74, 6) is -0.284. The number of hydrogen-bond acceptors (Lipinski definition) is 3. The van der Waals surface area contributed by atoms with Crippen molar-refractivity contribution in [1.82, 2.24) is 4.98 Å². The molecule has 0 aliphatic heterocycles. The molecule has 2 nitrogen and oxygen atoms in total. The van der Waals surface area contributed by atoms with Gasteiger partial charge in [0, 0.05) is 28.8 Å². The number of nitrogens with two attached hydrogens (primary N) is 1. The zero-order valence-corrected chi connectivity index (χ0v) is 10.7. The molecular weight excluding hydrogens is 259 g/mol. The molecule has 5 heteroatoms. The molecule has 0 aliphatic rings. The third-order valence-electron chi connectivity index (χ3n) is 2.39. The van der Waals surface area contributed by atoms with Gasteiger partial charge in [0.15, 0.2) is 0 Å². The van der Waals surface area contributed by atoms with Crippen molar-refractivity contribution in [2.75, 3.05) is 6.54 Å². The van der Waals surface area contributed by atoms with Crippen LogP contribution < -0.4 is 5.73 Å². The predicted molar refractivity (Wildman–Crippen MR) is 69.1 cm³/mol. The van der Waals surface area contributed by atoms with Crippen molar-refractivity contribution in [2.24, 2.45) is 5.73 Å². The van der Waals surface area contributed by atoms with Gasteiger partial charge < -0.3 is 5.73 Å². The van der Waals surface area contributed by atoms with Gasteiger partial charge in [-0.15, -0.1) is 11.3 Å². The molecule has 0 saturated carbocycles. The first-order valence-electron chi connectivity index (χ1n) is 5.27. The molecule has 1 heterocycles. The molecule has 17 heavy (non-hydrogen) atoms. The number of hydrogen-bond donors (Lipinski definition) is 1. The number of thiazole rings is 1. The highest BCUT2D eigenvalue weighted by atomic mass is 35.5. The third-order valence-corrected chi connectivity index (χ3v) is 3.64. The van der Waals surface area contributed by atoms with Gasteiger partial charge in [0.1, 0.15) is 5.82 Å². The Morgan fingerprint density at radius 2 is 2.24 bits per heavy atom. The summed E-state index contributed by atoms with van der Waals surface area (Å²) in [7, 11) is 0. The van der Waals surface area contributed by atoms with Crippen LogP contribution in [0.1, 0.15) is 16.3 Å². The van der Waals surface area contributed by atoms with Crippen LogP contribution in [-0.4, -0.2) is 11.5 Å². The summed E-state index contributed by atoms with van der Waals surface area (Å²) >= 11 is 7.47. The summed E-state index contributed by atoms with van der Waals surface area (Å²) in [6.07, 6.45) is 1.18. The van der Waals surface area contributed by atoms with Crippen LogP contribution in [0, 0.1) is 5.82 Å². The third kappa shape index (κ3) is 3.03. The van der Waals surface area contributed by atoms with Crippen molar-refractivity contribution in [3.63, 3.8) is 0 Å². The molecule has 0 bridgehead atoms. The summed E-state index contributed by atoms with van der Waals surface area (Å²) in [6.45, 7) is 0.573. The van der Waals surface area contributed by atoms with Crippen molar-refractivity contribution in [3.05, 3.63) is 50.7 Å². The number of halogens is 2. The normalized spacial score (nSPS) is 10.8. The second-order valence-corrected chi connectivity index (χ2v) is 5.00. The van der Waals surface area contributed by atoms with Crippen molar-refractivity contribution >= 4 is 22.9 Å². The zero-order chi connectivity index (χ0) is 12.3. The fourth-order valence-corrected chi connectivity index (χ4v) is 2.62. The van der Waals surface area contributed by atoms with E-state index in [0.29, 0.717) is 23.6 Å². The second-order valence-electron chi connectivity index (χ2n) is 3.65. The van der Waals surface area contributed by atoms with Crippen molar-refractivity contribution in [3.8, 4) is 0 Å². The predicted octanol–water partition coefficient (Wildman–Crippen LogP) is 3.03. The topological polar surface area (TPSA) is 38.9 Å². The molecule has 0 spiro atoms. The van der Waals surface area contributed by atoms with E-state index < -0.39 is 0 Å². The second kappa shape index (κ2) is 5.58. The van der Waals surface area contributed by atoms with E-state index in [4.69, 9.17) is 17.3 Å². The van der Waals surface area contributed by atoms with Crippen molar-refractivity contribution < 1.29 is 4.39 Å². The molecule has 2 N–H and O–H groups in total. The largest absolute Gasteiger partial charge is 0.330 e. The molecule has 0 amide bonds. The van der Waals surface area contributed by atoms with Crippen LogP contribution in [0.3, 0.4) is 0 Å². The smallest absolute Gasteiger partial charge is 0.128 e. The van der Waals surface area contributed by atoms with Crippen LogP contribution in [0.25, 0.3) is 0 Å². The monoisotopic (exact) mass is 270 g/mol. The van der Waals surface area contributed by atoms with Gasteiger partial charge in [0.25, 0.3) is 0 Å². The standard InChI is InChI=1S/C12H12ClFN2S/c13-10-2-1-3-11(14)9(10)6-12-16-8(4-5-15)7-17-12/h1-3,7H,4-6,15H2. The van der Waals surface area contributed by atoms with Gasteiger partial charge >= 0.3 is 0 Å². The highest BCUT2D eigenvalue weighted by Crippen LogP contribution is 2.23. The molecule has 90 valence electrons. The molecule has 0 aliphatic carbocycles. The lowest BCUT2D eigenvalue weighted by molar-refractivity contribution is 0.614. The fraction of sp³-hybridized carbons (Fsp3) is 0.250. The molecule has 2 aromatic rings. The maximum Gasteiger partial charge on any atom is 0.128 e. The lowest BCUT2D eigenvalue weighted by Crippen LogP contribution is -2.03. The zero-order valence-electron chi connectivity index (χ0n) is 9.12. The minimum absolute atomic E-state index is 0.284. The maximum atomic E-state index is 13.6. The molecule has 1 aromatic carbocycles. The minimum Gasteiger partial charge on any atom is -0.330 e. The van der Waals surface area contributed by atoms with E-state index >= 15 is 0 Å². The first-order chi connectivity index (χ1) is 8.20. The maximum absolute atomic E-state index is 13.6. The van der Waals surface area contributed by atoms with E-state index in [1.54, 1.807) is 12.1 Å². The van der Waals surface area contributed by atoms with Crippen LogP contribution in [0.2, 0.25) is 5.02 Å². The summed E-state index contributed by atoms with van der Waals surface area (Å²) in [5.41, 5.74) is 6.92. The first kappa shape index (κ1) is 12.5. The highest BCUT2D eigenvalue weighted by molar-refractivity contribution is 7.09. The fourth-order valence-electron chi connectivity index (χ4n) is 1.55. The number of benzene rings is 1. The van der Waals surface area contributed by atoms with Crippen LogP contribution >= 0.6 is 22.9 Å². The van der Waals surface area contributed by atoms with E-state index in [-0.39, 0.29) is 5.82 Å². The van der Waals surface area contributed by atoms with Gasteiger partial charge in [-0.25, -0.2) is 9.37 Å². The van der Waals surface area contributed by atoms with Gasteiger partial charge in [-0.1, -0.05) is 17.7 Å². The first-order valence-corrected chi connectivity index (χ1v) is 6.52. The Labute approximate surface area is 108 Å². The number of rotatable bonds is 4. The molecule has 0 atom stereocenters. The van der Waals surface area contributed by atoms with Gasteiger partial charge in [-0.2, -0.15) is 0 Å². The number of aromatic nitrogens is 1. The summed E-state index contributed by atoms with van der Waals surface area (Å²) < 4.78 is 13.6. The molecule has 0 unspecified atom stereocenters. The molecule has 0 radical (unpaired) electrons. The van der Waals surface area contributed by atoms with E-state index in [2.05, 4.69) is 4.98 Å². The molecule has 0 saturated heterocycles. The van der Waals surface area contributed by atoms with E-state index in [9.17, 15) is 4.39 Å². The lowest BCUT2D eigenvalue weighted by Gasteiger charge is -2.02. The van der Waals surface area contributed by atoms with Gasteiger partial charge in [0.2, 0.25) is 0 Å². The summed E-state index contributed by atoms with van der Waals surface area (Å²) in [6, 6.07) is 4.70. The minimum atomic E-state index is -0.284. The molecular formula is C12H12ClFN2S. The van der Waals surface area contributed by atoms with E-state index in [0.717, 1.165) is 17.1 Å². The SMILES string of the molecule is NCCc1csc(Cc2c(F)cccc2Cl)n1. The Kier molecular flexibility index (Phi) is 4.10. The Hall–Kier alpha value is -0.970. The average molecular weight is 271 g/mol. The van der Waals surface area contributed by atoms with Crippen LogP contribution in [0.4, 0.5) is 4.39 Å². The Bertz CT molecular complexity index is 493. The van der Waals surface area contributed by atoms with Crippen molar-refractivity contribution in [1.29, 1.82) is 0 Å². The molecule has 1 aromatic heterocycles. The van der Waals surface area contributed by atoms with Crippen LogP contribution in [0.15, 0.2) is 23.6 Å². The van der Waals surface area contributed by atoms with Gasteiger partial charge in [-0.3, -0.25) is 0 Å². The van der Waals surface area contributed by atoms with E-state index in [1.165, 1.54) is 17.4 Å². The Balaban J connectivity index is 2.19. The van der Waals surface area contributed by atoms with Crippen LogP contribution in [-0.2, 0) is 12.8 Å². The molecule has 0 fully saturated rings. The quantitative estimate of drug-likeness (QED) is 0.928. The van der Waals surface area contributed by atoms with Crippen LogP contribution in [0.5, 0.6) is 0 Å². The average Bonchev–Trinajstić information content (AvgIpc) is 2.72. The van der Waals surface area contributed by atoms with E-state index in [1.807, 2.05) is 5.38 Å². The molecule has 2 rings (SSSR count). The van der Waals surface area contributed by atoms with Crippen molar-refractivity contribution in [2.45, 2.75) is 12.8 Å². The Morgan fingerprint density at radius 3 is 2.94 bits per heavy atom. The number of nitrogens with zero attached hydrogens (tertiary/aromatic N) is 1. The Morgan fingerprint density at radius 1 is 1.41 bits per heavy atom.